The third-order valence-electron chi connectivity index (χ3n) is 1.77. The predicted molar refractivity (Wildman–Crippen MR) is 49.6 cm³/mol. The van der Waals surface area contributed by atoms with E-state index in [4.69, 9.17) is 0 Å². The largest absolute Gasteiger partial charge is 0.431 e. The summed E-state index contributed by atoms with van der Waals surface area (Å²) in [5, 5.41) is 0. The maximum atomic E-state index is 9.59. The summed E-state index contributed by atoms with van der Waals surface area (Å²) >= 11 is 0. The number of allylic oxidation sites excluding steroid dienone is 2. The van der Waals surface area contributed by atoms with Crippen LogP contribution in [0.2, 0.25) is 0 Å². The first-order valence-corrected chi connectivity index (χ1v) is 4.08. The summed E-state index contributed by atoms with van der Waals surface area (Å²) in [5.74, 6) is -0.245. The number of carbonyl (C=O) groups excluding carboxylic acids is 1. The monoisotopic (exact) mass is 168 g/mol. The van der Waals surface area contributed by atoms with Crippen LogP contribution in [0.1, 0.15) is 34.1 Å². The van der Waals surface area contributed by atoms with Gasteiger partial charge in [-0.05, 0) is 27.2 Å². The SMILES string of the molecule is CCC(C)=C(C)C.O=C1C=CO1. The highest BCUT2D eigenvalue weighted by Crippen LogP contribution is 2.04. The Morgan fingerprint density at radius 2 is 1.83 bits per heavy atom. The number of hydrogen-bond acceptors (Lipinski definition) is 2. The van der Waals surface area contributed by atoms with Gasteiger partial charge in [-0.25, -0.2) is 4.79 Å². The first-order valence-electron chi connectivity index (χ1n) is 4.08. The molecule has 2 nitrogen and oxygen atoms in total. The molecule has 0 aromatic rings. The second-order valence-electron chi connectivity index (χ2n) is 2.87. The van der Waals surface area contributed by atoms with Gasteiger partial charge in [-0.3, -0.25) is 0 Å². The summed E-state index contributed by atoms with van der Waals surface area (Å²) in [6.45, 7) is 8.66. The minimum atomic E-state index is -0.245. The summed E-state index contributed by atoms with van der Waals surface area (Å²) in [6.07, 6.45) is 3.91. The average molecular weight is 168 g/mol. The second kappa shape index (κ2) is 5.58. The summed E-state index contributed by atoms with van der Waals surface area (Å²) in [4.78, 5) is 9.59. The molecule has 1 aliphatic rings. The Morgan fingerprint density at radius 3 is 1.83 bits per heavy atom. The van der Waals surface area contributed by atoms with Crippen molar-refractivity contribution in [2.45, 2.75) is 34.1 Å². The smallest absolute Gasteiger partial charge is 0.338 e. The number of hydrogen-bond donors (Lipinski definition) is 0. The minimum absolute atomic E-state index is 0.245. The molecule has 1 rings (SSSR count). The second-order valence-corrected chi connectivity index (χ2v) is 2.87. The third-order valence-corrected chi connectivity index (χ3v) is 1.77. The van der Waals surface area contributed by atoms with E-state index in [1.54, 1.807) is 0 Å². The van der Waals surface area contributed by atoms with E-state index in [-0.39, 0.29) is 5.97 Å². The molecule has 1 heterocycles. The van der Waals surface area contributed by atoms with Gasteiger partial charge in [0, 0.05) is 0 Å². The van der Waals surface area contributed by atoms with Gasteiger partial charge in [0.15, 0.2) is 0 Å². The van der Waals surface area contributed by atoms with Crippen molar-refractivity contribution in [1.29, 1.82) is 0 Å². The van der Waals surface area contributed by atoms with Crippen LogP contribution >= 0.6 is 0 Å². The highest BCUT2D eigenvalue weighted by molar-refractivity contribution is 5.86. The van der Waals surface area contributed by atoms with E-state index < -0.39 is 0 Å². The molecule has 0 radical (unpaired) electrons. The molecule has 0 atom stereocenters. The van der Waals surface area contributed by atoms with Crippen LogP contribution in [0.3, 0.4) is 0 Å². The molecule has 0 saturated carbocycles. The Bertz CT molecular complexity index is 208. The molecule has 0 unspecified atom stereocenters. The molecule has 0 N–H and O–H groups in total. The lowest BCUT2D eigenvalue weighted by molar-refractivity contribution is -0.136. The molecule has 0 spiro atoms. The van der Waals surface area contributed by atoms with Gasteiger partial charge < -0.3 is 4.74 Å². The molecule has 12 heavy (non-hydrogen) atoms. The van der Waals surface area contributed by atoms with Crippen LogP contribution in [0, 0.1) is 0 Å². The summed E-state index contributed by atoms with van der Waals surface area (Å²) < 4.78 is 4.11. The standard InChI is InChI=1S/C7H14.C3H2O2/c1-5-7(4)6(2)3;4-3-1-2-5-3/h5H2,1-4H3;1-2H. The fraction of sp³-hybridized carbons (Fsp3) is 0.500. The number of rotatable bonds is 1. The molecular weight excluding hydrogens is 152 g/mol. The molecule has 2 heteroatoms. The Kier molecular flexibility index (Phi) is 5.09. The predicted octanol–water partition coefficient (Wildman–Crippen LogP) is 2.81. The molecule has 0 bridgehead atoms. The Hall–Kier alpha value is -1.05. The number of carbonyl (C=O) groups is 1. The van der Waals surface area contributed by atoms with Crippen LogP contribution in [0.15, 0.2) is 23.5 Å². The van der Waals surface area contributed by atoms with Crippen molar-refractivity contribution in [3.8, 4) is 0 Å². The van der Waals surface area contributed by atoms with Gasteiger partial charge in [0.05, 0.1) is 6.08 Å². The third kappa shape index (κ3) is 4.72. The van der Waals surface area contributed by atoms with Crippen molar-refractivity contribution in [2.75, 3.05) is 0 Å². The van der Waals surface area contributed by atoms with Gasteiger partial charge in [-0.2, -0.15) is 0 Å². The van der Waals surface area contributed by atoms with Crippen molar-refractivity contribution in [1.82, 2.24) is 0 Å². The minimum Gasteiger partial charge on any atom is -0.431 e. The molecule has 1 aliphatic heterocycles. The van der Waals surface area contributed by atoms with E-state index in [1.807, 2.05) is 0 Å². The Morgan fingerprint density at radius 1 is 1.42 bits per heavy atom. The van der Waals surface area contributed by atoms with Crippen LogP contribution in [0.4, 0.5) is 0 Å². The highest BCUT2D eigenvalue weighted by atomic mass is 16.5. The maximum Gasteiger partial charge on any atom is 0.338 e. The van der Waals surface area contributed by atoms with Crippen LogP contribution in [0.5, 0.6) is 0 Å². The lowest BCUT2D eigenvalue weighted by Crippen LogP contribution is -2.01. The number of cyclic esters (lactones) is 1. The van der Waals surface area contributed by atoms with Crippen molar-refractivity contribution in [2.24, 2.45) is 0 Å². The van der Waals surface area contributed by atoms with E-state index in [9.17, 15) is 4.79 Å². The van der Waals surface area contributed by atoms with E-state index >= 15 is 0 Å². The summed E-state index contributed by atoms with van der Waals surface area (Å²) in [6, 6.07) is 0. The topological polar surface area (TPSA) is 26.3 Å². The summed E-state index contributed by atoms with van der Waals surface area (Å²) in [7, 11) is 0. The van der Waals surface area contributed by atoms with E-state index in [0.29, 0.717) is 0 Å². The first-order chi connectivity index (χ1) is 5.57. The van der Waals surface area contributed by atoms with Gasteiger partial charge in [-0.1, -0.05) is 18.1 Å². The lowest BCUT2D eigenvalue weighted by Gasteiger charge is -1.96. The van der Waals surface area contributed by atoms with Crippen LogP contribution in [0.25, 0.3) is 0 Å². The van der Waals surface area contributed by atoms with Gasteiger partial charge in [0.25, 0.3) is 0 Å². The summed E-state index contributed by atoms with van der Waals surface area (Å²) in [5.41, 5.74) is 2.97. The van der Waals surface area contributed by atoms with Crippen LogP contribution in [-0.2, 0) is 9.53 Å². The first kappa shape index (κ1) is 11.0. The van der Waals surface area contributed by atoms with Gasteiger partial charge in [0.1, 0.15) is 6.26 Å². The van der Waals surface area contributed by atoms with Gasteiger partial charge in [-0.15, -0.1) is 0 Å². The highest BCUT2D eigenvalue weighted by Gasteiger charge is 1.99. The van der Waals surface area contributed by atoms with E-state index in [2.05, 4.69) is 32.4 Å². The van der Waals surface area contributed by atoms with E-state index in [1.165, 1.54) is 29.9 Å². The fourth-order valence-corrected chi connectivity index (χ4v) is 0.477. The van der Waals surface area contributed by atoms with Crippen molar-refractivity contribution in [3.63, 3.8) is 0 Å². The van der Waals surface area contributed by atoms with Crippen molar-refractivity contribution in [3.05, 3.63) is 23.5 Å². The molecular formula is C10H16O2. The van der Waals surface area contributed by atoms with Crippen molar-refractivity contribution >= 4 is 5.97 Å². The molecule has 0 aromatic carbocycles. The molecule has 68 valence electrons. The molecule has 0 amide bonds. The lowest BCUT2D eigenvalue weighted by atomic mass is 10.1. The maximum absolute atomic E-state index is 9.59. The number of ether oxygens (including phenoxy) is 1. The zero-order valence-corrected chi connectivity index (χ0v) is 8.18. The van der Waals surface area contributed by atoms with E-state index in [0.717, 1.165) is 0 Å². The Labute approximate surface area is 73.9 Å². The average Bonchev–Trinajstić information content (AvgIpc) is 2.00. The normalized spacial score (nSPS) is 12.2. The Balaban J connectivity index is 0.000000211. The molecule has 0 fully saturated rings. The van der Waals surface area contributed by atoms with Gasteiger partial charge >= 0.3 is 5.97 Å². The zero-order valence-electron chi connectivity index (χ0n) is 8.18. The van der Waals surface area contributed by atoms with Gasteiger partial charge in [0.2, 0.25) is 0 Å². The number of esters is 1. The fourth-order valence-electron chi connectivity index (χ4n) is 0.477. The van der Waals surface area contributed by atoms with Crippen molar-refractivity contribution < 1.29 is 9.53 Å². The van der Waals surface area contributed by atoms with Crippen LogP contribution in [-0.4, -0.2) is 5.97 Å². The zero-order chi connectivity index (χ0) is 9.56. The quantitative estimate of drug-likeness (QED) is 0.444. The van der Waals surface area contributed by atoms with Crippen LogP contribution < -0.4 is 0 Å². The molecule has 0 aromatic heterocycles. The molecule has 0 saturated heterocycles. The molecule has 0 aliphatic carbocycles.